The molecular weight excluding hydrogens is 570 g/mol. The molecule has 1 amide bonds. The maximum Gasteiger partial charge on any atom is 0.425 e. The van der Waals surface area contributed by atoms with E-state index in [9.17, 15) is 13.6 Å². The third-order valence-electron chi connectivity index (χ3n) is 7.27. The van der Waals surface area contributed by atoms with E-state index in [0.29, 0.717) is 17.1 Å². The number of carbonyl (C=O) groups excluding carboxylic acids is 1. The molecule has 0 bridgehead atoms. The molecule has 230 valence electrons. The molecule has 0 unspecified atom stereocenters. The van der Waals surface area contributed by atoms with Crippen molar-refractivity contribution in [3.05, 3.63) is 84.1 Å². The Morgan fingerprint density at radius 3 is 2.39 bits per heavy atom. The molecule has 0 spiro atoms. The number of alkyl halides is 2. The monoisotopic (exact) mass is 604 g/mol. The third-order valence-corrected chi connectivity index (χ3v) is 7.27. The molecule has 1 fully saturated rings. The van der Waals surface area contributed by atoms with Gasteiger partial charge in [0.05, 0.1) is 24.2 Å². The first-order valence-corrected chi connectivity index (χ1v) is 14.1. The minimum absolute atomic E-state index is 0.0444. The molecule has 1 N–H and O–H groups in total. The van der Waals surface area contributed by atoms with Crippen LogP contribution in [0.15, 0.2) is 72.9 Å². The van der Waals surface area contributed by atoms with Crippen LogP contribution >= 0.6 is 0 Å². The van der Waals surface area contributed by atoms with Gasteiger partial charge < -0.3 is 29.3 Å². The first-order chi connectivity index (χ1) is 21.2. The summed E-state index contributed by atoms with van der Waals surface area (Å²) in [5.41, 5.74) is 3.70. The molecule has 5 rings (SSSR count). The number of rotatable bonds is 9. The molecule has 2 heterocycles. The van der Waals surface area contributed by atoms with Gasteiger partial charge in [-0.1, -0.05) is 30.3 Å². The number of anilines is 5. The van der Waals surface area contributed by atoms with Crippen LogP contribution in [0.3, 0.4) is 0 Å². The Hall–Kier alpha value is -4.97. The van der Waals surface area contributed by atoms with E-state index in [2.05, 4.69) is 32.1 Å². The van der Waals surface area contributed by atoms with Crippen molar-refractivity contribution in [2.45, 2.75) is 20.5 Å². The number of methoxy groups -OCH3 is 1. The van der Waals surface area contributed by atoms with Crippen LogP contribution in [0.25, 0.3) is 0 Å². The highest BCUT2D eigenvalue weighted by Crippen LogP contribution is 2.39. The van der Waals surface area contributed by atoms with Crippen molar-refractivity contribution in [2.75, 3.05) is 55.5 Å². The van der Waals surface area contributed by atoms with E-state index >= 15 is 0 Å². The number of amides is 1. The number of benzene rings is 3. The average molecular weight is 605 g/mol. The Labute approximate surface area is 254 Å². The average Bonchev–Trinajstić information content (AvgIpc) is 3.00. The summed E-state index contributed by atoms with van der Waals surface area (Å²) in [7, 11) is 3.73. The molecule has 1 saturated heterocycles. The van der Waals surface area contributed by atoms with Gasteiger partial charge in [0, 0.05) is 50.2 Å². The van der Waals surface area contributed by atoms with Crippen molar-refractivity contribution >= 4 is 34.8 Å². The summed E-state index contributed by atoms with van der Waals surface area (Å²) in [4.78, 5) is 28.2. The summed E-state index contributed by atoms with van der Waals surface area (Å²) in [6.45, 7) is 4.27. The zero-order valence-corrected chi connectivity index (χ0v) is 25.0. The lowest BCUT2D eigenvalue weighted by atomic mass is 10.1. The molecule has 1 aliphatic heterocycles. The van der Waals surface area contributed by atoms with Gasteiger partial charge in [-0.25, -0.2) is 14.7 Å². The zero-order chi connectivity index (χ0) is 31.2. The number of nitrogens with zero attached hydrogens (tertiary/aromatic N) is 5. The van der Waals surface area contributed by atoms with Crippen molar-refractivity contribution in [1.82, 2.24) is 14.9 Å². The number of ether oxygens (including phenoxy) is 3. The highest BCUT2D eigenvalue weighted by Gasteiger charge is 2.28. The lowest BCUT2D eigenvalue weighted by Crippen LogP contribution is -2.44. The highest BCUT2D eigenvalue weighted by atomic mass is 19.3. The summed E-state index contributed by atoms with van der Waals surface area (Å²) < 4.78 is 42.7. The first kappa shape index (κ1) is 30.5. The van der Waals surface area contributed by atoms with E-state index in [1.54, 1.807) is 19.2 Å². The number of piperazine rings is 1. The molecule has 0 radical (unpaired) electrons. The van der Waals surface area contributed by atoms with Crippen LogP contribution in [-0.4, -0.2) is 67.9 Å². The van der Waals surface area contributed by atoms with E-state index in [-0.39, 0.29) is 23.3 Å². The second-order valence-corrected chi connectivity index (χ2v) is 10.3. The molecule has 4 aromatic rings. The van der Waals surface area contributed by atoms with Crippen LogP contribution in [0.4, 0.5) is 42.3 Å². The number of aryl methyl sites for hydroxylation is 2. The maximum atomic E-state index is 13.8. The molecule has 3 aromatic carbocycles. The molecule has 0 aliphatic carbocycles. The normalized spacial score (nSPS) is 13.5. The Morgan fingerprint density at radius 1 is 0.955 bits per heavy atom. The summed E-state index contributed by atoms with van der Waals surface area (Å²) in [5.74, 6) is 0.666. The van der Waals surface area contributed by atoms with Crippen molar-refractivity contribution in [3.63, 3.8) is 0 Å². The van der Waals surface area contributed by atoms with Crippen molar-refractivity contribution in [1.29, 1.82) is 0 Å². The Bertz CT molecular complexity index is 1590. The lowest BCUT2D eigenvalue weighted by molar-refractivity contribution is -0.0494. The van der Waals surface area contributed by atoms with E-state index in [4.69, 9.17) is 14.2 Å². The predicted octanol–water partition coefficient (Wildman–Crippen LogP) is 6.54. The number of nitrogens with one attached hydrogen (secondary N) is 1. The zero-order valence-electron chi connectivity index (χ0n) is 25.0. The van der Waals surface area contributed by atoms with Gasteiger partial charge in [-0.05, 0) is 56.3 Å². The number of para-hydroxylation sites is 3. The maximum absolute atomic E-state index is 13.8. The van der Waals surface area contributed by atoms with Crippen LogP contribution in [-0.2, 0) is 0 Å². The van der Waals surface area contributed by atoms with Gasteiger partial charge in [0.2, 0.25) is 11.8 Å². The molecule has 0 saturated carbocycles. The summed E-state index contributed by atoms with van der Waals surface area (Å²) in [6, 6.07) is 18.7. The summed E-state index contributed by atoms with van der Waals surface area (Å²) in [6.07, 6.45) is 0.584. The van der Waals surface area contributed by atoms with Crippen LogP contribution in [0.1, 0.15) is 11.1 Å². The summed E-state index contributed by atoms with van der Waals surface area (Å²) in [5, 5.41) is 3.13. The van der Waals surface area contributed by atoms with Gasteiger partial charge in [-0.2, -0.15) is 13.8 Å². The van der Waals surface area contributed by atoms with E-state index in [1.165, 1.54) is 29.3 Å². The van der Waals surface area contributed by atoms with Crippen LogP contribution in [0, 0.1) is 13.8 Å². The van der Waals surface area contributed by atoms with Gasteiger partial charge in [0.1, 0.15) is 11.5 Å². The van der Waals surface area contributed by atoms with Crippen molar-refractivity contribution in [3.8, 4) is 17.4 Å². The highest BCUT2D eigenvalue weighted by molar-refractivity contribution is 6.00. The van der Waals surface area contributed by atoms with Gasteiger partial charge in [-0.15, -0.1) is 0 Å². The first-order valence-electron chi connectivity index (χ1n) is 14.1. The molecule has 1 aromatic heterocycles. The van der Waals surface area contributed by atoms with Crippen molar-refractivity contribution in [2.24, 2.45) is 0 Å². The predicted molar refractivity (Wildman–Crippen MR) is 165 cm³/mol. The largest absolute Gasteiger partial charge is 0.495 e. The van der Waals surface area contributed by atoms with Gasteiger partial charge in [0.25, 0.3) is 0 Å². The third kappa shape index (κ3) is 6.97. The number of aromatic nitrogens is 2. The minimum Gasteiger partial charge on any atom is -0.495 e. The fourth-order valence-electron chi connectivity index (χ4n) is 5.09. The Balaban J connectivity index is 1.40. The number of likely N-dealkylation sites (N-methyl/N-ethyl adjacent to an activating group) is 1. The smallest absolute Gasteiger partial charge is 0.425 e. The molecule has 12 heteroatoms. The van der Waals surface area contributed by atoms with Gasteiger partial charge in [-0.3, -0.25) is 0 Å². The second-order valence-electron chi connectivity index (χ2n) is 10.3. The number of halogens is 2. The minimum atomic E-state index is -3.09. The standard InChI is InChI=1S/C32H34F2N6O4/c1-21-8-7-9-22(2)29(21)40(25-10-5-6-11-26(25)43-30(33)34)32(41)44-28-14-15-35-31(37-28)36-23-12-13-24(27(20-23)42-4)39-18-16-38(3)17-19-39/h5-15,20,30H,16-19H2,1-4H3,(H,35,36,37). The summed E-state index contributed by atoms with van der Waals surface area (Å²) >= 11 is 0. The number of hydrogen-bond acceptors (Lipinski definition) is 9. The topological polar surface area (TPSA) is 92.3 Å². The van der Waals surface area contributed by atoms with Gasteiger partial charge >= 0.3 is 12.7 Å². The molecule has 10 nitrogen and oxygen atoms in total. The lowest BCUT2D eigenvalue weighted by Gasteiger charge is -2.34. The molecule has 0 atom stereocenters. The fourth-order valence-corrected chi connectivity index (χ4v) is 5.09. The Morgan fingerprint density at radius 2 is 1.68 bits per heavy atom. The number of carbonyl (C=O) groups is 1. The SMILES string of the molecule is COc1cc(Nc2nccc(OC(=O)N(c3ccccc3OC(F)F)c3c(C)cccc3C)n2)ccc1N1CCN(C)CC1. The van der Waals surface area contributed by atoms with Crippen molar-refractivity contribution < 1.29 is 27.8 Å². The molecule has 44 heavy (non-hydrogen) atoms. The van der Waals surface area contributed by atoms with E-state index < -0.39 is 12.7 Å². The molecule has 1 aliphatic rings. The fraction of sp³-hybridized carbons (Fsp3) is 0.281. The molecular formula is C32H34F2N6O4. The Kier molecular flexibility index (Phi) is 9.39. The van der Waals surface area contributed by atoms with E-state index in [0.717, 1.165) is 43.0 Å². The quantitative estimate of drug-likeness (QED) is 0.229. The van der Waals surface area contributed by atoms with Gasteiger partial charge in [0.15, 0.2) is 0 Å². The van der Waals surface area contributed by atoms with Crippen LogP contribution in [0.2, 0.25) is 0 Å². The van der Waals surface area contributed by atoms with E-state index in [1.807, 2.05) is 50.2 Å². The number of hydrogen-bond donors (Lipinski definition) is 1. The second kappa shape index (κ2) is 13.6. The van der Waals surface area contributed by atoms with Crippen LogP contribution < -0.4 is 29.3 Å². The van der Waals surface area contributed by atoms with Crippen LogP contribution in [0.5, 0.6) is 17.4 Å².